The van der Waals surface area contributed by atoms with E-state index in [0.29, 0.717) is 45.8 Å². The van der Waals surface area contributed by atoms with Crippen LogP contribution in [0.25, 0.3) is 22.6 Å². The van der Waals surface area contributed by atoms with Crippen LogP contribution in [0.4, 0.5) is 5.82 Å². The standard InChI is InChI=1S/C23H21N3O6S/c1-15-16(2)32-25-22(15)26(14-30-3)33(28,29)21-7-5-4-6-20(21)19-9-8-17(12-18(19)13-27)23-24-10-11-31-23/h4-13H,14H2,1-3H3. The molecule has 0 fully saturated rings. The fourth-order valence-electron chi connectivity index (χ4n) is 3.44. The summed E-state index contributed by atoms with van der Waals surface area (Å²) in [4.78, 5) is 16.0. The lowest BCUT2D eigenvalue weighted by Crippen LogP contribution is -2.34. The van der Waals surface area contributed by atoms with Crippen molar-refractivity contribution in [1.82, 2.24) is 10.1 Å². The first-order valence-electron chi connectivity index (χ1n) is 9.91. The van der Waals surface area contributed by atoms with Crippen molar-refractivity contribution < 1.29 is 26.9 Å². The van der Waals surface area contributed by atoms with E-state index in [1.807, 2.05) is 0 Å². The van der Waals surface area contributed by atoms with Crippen molar-refractivity contribution in [2.75, 3.05) is 18.1 Å². The van der Waals surface area contributed by atoms with Gasteiger partial charge in [0.2, 0.25) is 5.89 Å². The second-order valence-electron chi connectivity index (χ2n) is 7.21. The van der Waals surface area contributed by atoms with E-state index in [-0.39, 0.29) is 17.4 Å². The van der Waals surface area contributed by atoms with Crippen LogP contribution in [-0.4, -0.2) is 38.7 Å². The summed E-state index contributed by atoms with van der Waals surface area (Å²) in [7, 11) is -2.75. The molecule has 170 valence electrons. The topological polar surface area (TPSA) is 116 Å². The molecule has 0 atom stereocenters. The first kappa shape index (κ1) is 22.4. The van der Waals surface area contributed by atoms with E-state index in [9.17, 15) is 13.2 Å². The van der Waals surface area contributed by atoms with Crippen LogP contribution in [0.5, 0.6) is 0 Å². The van der Waals surface area contributed by atoms with Crippen molar-refractivity contribution in [1.29, 1.82) is 0 Å². The number of carbonyl (C=O) groups excluding carboxylic acids is 1. The quantitative estimate of drug-likeness (QED) is 0.279. The van der Waals surface area contributed by atoms with Crippen LogP contribution in [0.2, 0.25) is 0 Å². The number of rotatable bonds is 8. The lowest BCUT2D eigenvalue weighted by molar-refractivity contribution is 0.112. The normalized spacial score (nSPS) is 11.5. The van der Waals surface area contributed by atoms with Crippen LogP contribution >= 0.6 is 0 Å². The average molecular weight is 468 g/mol. The molecular formula is C23H21N3O6S. The minimum atomic E-state index is -4.14. The molecule has 0 saturated heterocycles. The summed E-state index contributed by atoms with van der Waals surface area (Å²) in [6, 6.07) is 11.4. The van der Waals surface area contributed by atoms with E-state index in [1.54, 1.807) is 50.2 Å². The number of oxazole rings is 1. The van der Waals surface area contributed by atoms with Crippen molar-refractivity contribution in [3.63, 3.8) is 0 Å². The summed E-state index contributed by atoms with van der Waals surface area (Å²) < 4.78 is 44.3. The number of aryl methyl sites for hydroxylation is 1. The smallest absolute Gasteiger partial charge is 0.268 e. The zero-order valence-electron chi connectivity index (χ0n) is 18.2. The molecule has 0 aliphatic heterocycles. The minimum absolute atomic E-state index is 0.00548. The molecule has 0 bridgehead atoms. The highest BCUT2D eigenvalue weighted by Gasteiger charge is 2.32. The zero-order chi connectivity index (χ0) is 23.6. The fraction of sp³-hybridized carbons (Fsp3) is 0.174. The van der Waals surface area contributed by atoms with Gasteiger partial charge < -0.3 is 13.7 Å². The molecule has 0 aliphatic carbocycles. The van der Waals surface area contributed by atoms with Gasteiger partial charge in [-0.15, -0.1) is 0 Å². The molecule has 2 aromatic carbocycles. The van der Waals surface area contributed by atoms with Gasteiger partial charge in [0, 0.05) is 29.4 Å². The van der Waals surface area contributed by atoms with E-state index in [4.69, 9.17) is 13.7 Å². The molecule has 4 rings (SSSR count). The molecule has 33 heavy (non-hydrogen) atoms. The molecule has 0 unspecified atom stereocenters. The minimum Gasteiger partial charge on any atom is -0.445 e. The maximum atomic E-state index is 13.8. The maximum Gasteiger partial charge on any atom is 0.268 e. The Balaban J connectivity index is 1.87. The number of aldehydes is 1. The third-order valence-corrected chi connectivity index (χ3v) is 6.99. The molecule has 10 heteroatoms. The SMILES string of the molecule is COCN(c1noc(C)c1C)S(=O)(=O)c1ccccc1-c1ccc(-c2ncco2)cc1C=O. The molecule has 0 spiro atoms. The van der Waals surface area contributed by atoms with Gasteiger partial charge in [0.1, 0.15) is 18.8 Å². The zero-order valence-corrected chi connectivity index (χ0v) is 19.0. The van der Waals surface area contributed by atoms with E-state index >= 15 is 0 Å². The van der Waals surface area contributed by atoms with Gasteiger partial charge in [0.05, 0.1) is 11.1 Å². The molecular weight excluding hydrogens is 446 g/mol. The Morgan fingerprint density at radius 3 is 2.55 bits per heavy atom. The number of ether oxygens (including phenoxy) is 1. The summed E-state index contributed by atoms with van der Waals surface area (Å²) in [5.41, 5.74) is 2.28. The number of carbonyl (C=O) groups is 1. The summed E-state index contributed by atoms with van der Waals surface area (Å²) in [5.74, 6) is 0.993. The number of benzene rings is 2. The van der Waals surface area contributed by atoms with Crippen molar-refractivity contribution in [2.45, 2.75) is 18.7 Å². The highest BCUT2D eigenvalue weighted by Crippen LogP contribution is 2.35. The van der Waals surface area contributed by atoms with E-state index in [1.165, 1.54) is 25.6 Å². The number of anilines is 1. The molecule has 2 aromatic heterocycles. The van der Waals surface area contributed by atoms with Crippen LogP contribution in [-0.2, 0) is 14.8 Å². The van der Waals surface area contributed by atoms with E-state index < -0.39 is 10.0 Å². The first-order valence-corrected chi connectivity index (χ1v) is 11.4. The van der Waals surface area contributed by atoms with Crippen LogP contribution in [0.3, 0.4) is 0 Å². The molecule has 2 heterocycles. The third-order valence-electron chi connectivity index (χ3n) is 5.22. The Morgan fingerprint density at radius 2 is 1.91 bits per heavy atom. The van der Waals surface area contributed by atoms with Crippen molar-refractivity contribution in [3.05, 3.63) is 71.8 Å². The maximum absolute atomic E-state index is 13.8. The highest BCUT2D eigenvalue weighted by atomic mass is 32.2. The van der Waals surface area contributed by atoms with Crippen molar-refractivity contribution in [2.24, 2.45) is 0 Å². The number of sulfonamides is 1. The van der Waals surface area contributed by atoms with Gasteiger partial charge in [-0.1, -0.05) is 29.4 Å². The predicted octanol–water partition coefficient (Wildman–Crippen LogP) is 4.23. The number of aromatic nitrogens is 2. The van der Waals surface area contributed by atoms with Gasteiger partial charge in [-0.3, -0.25) is 4.79 Å². The van der Waals surface area contributed by atoms with Crippen LogP contribution in [0, 0.1) is 13.8 Å². The first-order chi connectivity index (χ1) is 15.9. The van der Waals surface area contributed by atoms with E-state index in [2.05, 4.69) is 10.1 Å². The largest absolute Gasteiger partial charge is 0.445 e. The summed E-state index contributed by atoms with van der Waals surface area (Å²) >= 11 is 0. The average Bonchev–Trinajstić information content (AvgIpc) is 3.48. The van der Waals surface area contributed by atoms with Crippen LogP contribution < -0.4 is 4.31 Å². The fourth-order valence-corrected chi connectivity index (χ4v) is 5.02. The molecule has 0 saturated carbocycles. The van der Waals surface area contributed by atoms with E-state index in [0.717, 1.165) is 4.31 Å². The Bertz CT molecular complexity index is 1390. The lowest BCUT2D eigenvalue weighted by Gasteiger charge is -2.23. The number of hydrogen-bond acceptors (Lipinski definition) is 8. The second-order valence-corrected chi connectivity index (χ2v) is 9.04. The summed E-state index contributed by atoms with van der Waals surface area (Å²) in [5, 5.41) is 3.92. The van der Waals surface area contributed by atoms with Gasteiger partial charge in [0.25, 0.3) is 10.0 Å². The Hall–Kier alpha value is -3.76. The predicted molar refractivity (Wildman–Crippen MR) is 120 cm³/mol. The molecule has 0 aliphatic rings. The van der Waals surface area contributed by atoms with Gasteiger partial charge >= 0.3 is 0 Å². The third kappa shape index (κ3) is 4.06. The molecule has 0 N–H and O–H groups in total. The van der Waals surface area contributed by atoms with Gasteiger partial charge in [-0.25, -0.2) is 17.7 Å². The summed E-state index contributed by atoms with van der Waals surface area (Å²) in [6.45, 7) is 3.15. The Morgan fingerprint density at radius 1 is 1.12 bits per heavy atom. The molecule has 4 aromatic rings. The van der Waals surface area contributed by atoms with Gasteiger partial charge in [-0.2, -0.15) is 0 Å². The number of nitrogens with zero attached hydrogens (tertiary/aromatic N) is 3. The van der Waals surface area contributed by atoms with Crippen molar-refractivity contribution >= 4 is 22.1 Å². The number of methoxy groups -OCH3 is 1. The van der Waals surface area contributed by atoms with Crippen molar-refractivity contribution in [3.8, 4) is 22.6 Å². The Labute approximate surface area is 190 Å². The second kappa shape index (κ2) is 9.00. The molecule has 0 radical (unpaired) electrons. The van der Waals surface area contributed by atoms with Crippen LogP contribution in [0.1, 0.15) is 21.7 Å². The van der Waals surface area contributed by atoms with Gasteiger partial charge in [0.15, 0.2) is 12.1 Å². The molecule has 9 nitrogen and oxygen atoms in total. The monoisotopic (exact) mass is 467 g/mol. The summed E-state index contributed by atoms with van der Waals surface area (Å²) in [6.07, 6.45) is 3.61. The lowest BCUT2D eigenvalue weighted by atomic mass is 9.98. The highest BCUT2D eigenvalue weighted by molar-refractivity contribution is 7.93. The molecule has 0 amide bonds. The van der Waals surface area contributed by atoms with Crippen LogP contribution in [0.15, 0.2) is 68.8 Å². The Kier molecular flexibility index (Phi) is 6.12. The van der Waals surface area contributed by atoms with Gasteiger partial charge in [-0.05, 0) is 37.6 Å². The number of hydrogen-bond donors (Lipinski definition) is 0.